The van der Waals surface area contributed by atoms with Gasteiger partial charge in [-0.1, -0.05) is 18.2 Å². The highest BCUT2D eigenvalue weighted by molar-refractivity contribution is 5.87. The maximum Gasteiger partial charge on any atom is 0.332 e. The maximum absolute atomic E-state index is 13.0. The minimum Gasteiger partial charge on any atom is -0.478 e. The molecule has 0 unspecified atom stereocenters. The third-order valence-electron chi connectivity index (χ3n) is 2.80. The smallest absolute Gasteiger partial charge is 0.332 e. The summed E-state index contributed by atoms with van der Waals surface area (Å²) in [5, 5.41) is 8.91. The lowest BCUT2D eigenvalue weighted by Crippen LogP contribution is -2.31. The van der Waals surface area contributed by atoms with E-state index in [1.807, 2.05) is 11.0 Å². The van der Waals surface area contributed by atoms with Gasteiger partial charge in [0.2, 0.25) is 0 Å². The second-order valence-corrected chi connectivity index (χ2v) is 4.16. The SMILES string of the molecule is O=C(O)C1=CCCN(Cc2cccc(F)c2)C1. The first-order chi connectivity index (χ1) is 8.15. The van der Waals surface area contributed by atoms with Crippen LogP contribution >= 0.6 is 0 Å². The predicted molar refractivity (Wildman–Crippen MR) is 62.0 cm³/mol. The van der Waals surface area contributed by atoms with Crippen LogP contribution in [0.3, 0.4) is 0 Å². The molecule has 1 aliphatic rings. The number of hydrogen-bond donors (Lipinski definition) is 1. The molecule has 0 amide bonds. The van der Waals surface area contributed by atoms with Gasteiger partial charge in [0.15, 0.2) is 0 Å². The first kappa shape index (κ1) is 11.8. The Morgan fingerprint density at radius 3 is 3.00 bits per heavy atom. The van der Waals surface area contributed by atoms with Crippen molar-refractivity contribution in [2.75, 3.05) is 13.1 Å². The van der Waals surface area contributed by atoms with Gasteiger partial charge in [-0.2, -0.15) is 0 Å². The lowest BCUT2D eigenvalue weighted by molar-refractivity contribution is -0.133. The van der Waals surface area contributed by atoms with E-state index < -0.39 is 5.97 Å². The minimum atomic E-state index is -0.867. The van der Waals surface area contributed by atoms with Gasteiger partial charge in [0.1, 0.15) is 5.82 Å². The zero-order valence-corrected chi connectivity index (χ0v) is 9.40. The van der Waals surface area contributed by atoms with E-state index in [9.17, 15) is 9.18 Å². The van der Waals surface area contributed by atoms with E-state index in [4.69, 9.17) is 5.11 Å². The van der Waals surface area contributed by atoms with Crippen molar-refractivity contribution in [1.29, 1.82) is 0 Å². The van der Waals surface area contributed by atoms with Crippen LogP contribution in [-0.4, -0.2) is 29.1 Å². The Balaban J connectivity index is 2.01. The number of carboxylic acids is 1. The van der Waals surface area contributed by atoms with Crippen molar-refractivity contribution in [1.82, 2.24) is 4.90 Å². The summed E-state index contributed by atoms with van der Waals surface area (Å²) >= 11 is 0. The predicted octanol–water partition coefficient (Wildman–Crippen LogP) is 2.04. The first-order valence-electron chi connectivity index (χ1n) is 5.54. The molecule has 4 heteroatoms. The molecule has 90 valence electrons. The van der Waals surface area contributed by atoms with Gasteiger partial charge >= 0.3 is 5.97 Å². The Hall–Kier alpha value is -1.68. The average molecular weight is 235 g/mol. The van der Waals surface area contributed by atoms with Gasteiger partial charge < -0.3 is 5.11 Å². The molecule has 2 rings (SSSR count). The molecule has 0 aromatic heterocycles. The van der Waals surface area contributed by atoms with Crippen LogP contribution in [0.4, 0.5) is 4.39 Å². The maximum atomic E-state index is 13.0. The van der Waals surface area contributed by atoms with E-state index in [1.165, 1.54) is 12.1 Å². The molecule has 0 saturated carbocycles. The highest BCUT2D eigenvalue weighted by Crippen LogP contribution is 2.14. The third-order valence-corrected chi connectivity index (χ3v) is 2.80. The van der Waals surface area contributed by atoms with Crippen molar-refractivity contribution in [3.8, 4) is 0 Å². The topological polar surface area (TPSA) is 40.5 Å². The van der Waals surface area contributed by atoms with Crippen LogP contribution in [0.2, 0.25) is 0 Å². The third kappa shape index (κ3) is 3.14. The van der Waals surface area contributed by atoms with Crippen LogP contribution in [0.25, 0.3) is 0 Å². The molecule has 1 aromatic carbocycles. The number of benzene rings is 1. The molecule has 0 saturated heterocycles. The molecule has 0 fully saturated rings. The fourth-order valence-electron chi connectivity index (χ4n) is 1.99. The molecule has 0 spiro atoms. The van der Waals surface area contributed by atoms with Gasteiger partial charge in [0.05, 0.1) is 0 Å². The Bertz CT molecular complexity index is 456. The van der Waals surface area contributed by atoms with Crippen molar-refractivity contribution in [2.24, 2.45) is 0 Å². The van der Waals surface area contributed by atoms with Gasteiger partial charge in [-0.25, -0.2) is 9.18 Å². The second kappa shape index (κ2) is 5.10. The zero-order chi connectivity index (χ0) is 12.3. The van der Waals surface area contributed by atoms with Crippen molar-refractivity contribution >= 4 is 5.97 Å². The lowest BCUT2D eigenvalue weighted by atomic mass is 10.1. The standard InChI is InChI=1S/C13H14FNO2/c14-12-5-1-3-10(7-12)8-15-6-2-4-11(9-15)13(16)17/h1,3-5,7H,2,6,8-9H2,(H,16,17). The molecule has 0 bridgehead atoms. The Labute approximate surface area is 99.2 Å². The zero-order valence-electron chi connectivity index (χ0n) is 9.40. The summed E-state index contributed by atoms with van der Waals surface area (Å²) in [5.74, 6) is -1.12. The Kier molecular flexibility index (Phi) is 3.54. The van der Waals surface area contributed by atoms with Crippen molar-refractivity contribution in [3.05, 3.63) is 47.3 Å². The van der Waals surface area contributed by atoms with E-state index in [0.29, 0.717) is 18.7 Å². The summed E-state index contributed by atoms with van der Waals surface area (Å²) in [6.07, 6.45) is 2.49. The fourth-order valence-corrected chi connectivity index (χ4v) is 1.99. The quantitative estimate of drug-likeness (QED) is 0.871. The van der Waals surface area contributed by atoms with Crippen LogP contribution in [0.1, 0.15) is 12.0 Å². The monoisotopic (exact) mass is 235 g/mol. The van der Waals surface area contributed by atoms with E-state index in [0.717, 1.165) is 18.5 Å². The van der Waals surface area contributed by atoms with Gasteiger partial charge in [0, 0.05) is 25.2 Å². The number of nitrogens with zero attached hydrogens (tertiary/aromatic N) is 1. The molecule has 0 atom stereocenters. The first-order valence-corrected chi connectivity index (χ1v) is 5.54. The van der Waals surface area contributed by atoms with E-state index in [2.05, 4.69) is 0 Å². The van der Waals surface area contributed by atoms with Crippen molar-refractivity contribution < 1.29 is 14.3 Å². The van der Waals surface area contributed by atoms with Gasteiger partial charge in [-0.15, -0.1) is 0 Å². The van der Waals surface area contributed by atoms with Gasteiger partial charge in [0.25, 0.3) is 0 Å². The second-order valence-electron chi connectivity index (χ2n) is 4.16. The molecule has 1 heterocycles. The molecule has 0 radical (unpaired) electrons. The molecule has 1 N–H and O–H groups in total. The van der Waals surface area contributed by atoms with Crippen LogP contribution in [-0.2, 0) is 11.3 Å². The number of carbonyl (C=O) groups is 1. The van der Waals surface area contributed by atoms with Crippen LogP contribution in [0.5, 0.6) is 0 Å². The summed E-state index contributed by atoms with van der Waals surface area (Å²) in [5.41, 5.74) is 1.30. The Morgan fingerprint density at radius 1 is 1.47 bits per heavy atom. The summed E-state index contributed by atoms with van der Waals surface area (Å²) in [4.78, 5) is 12.9. The molecule has 0 aliphatic carbocycles. The lowest BCUT2D eigenvalue weighted by Gasteiger charge is -2.25. The molecular weight excluding hydrogens is 221 g/mol. The van der Waals surface area contributed by atoms with E-state index in [-0.39, 0.29) is 5.82 Å². The number of aliphatic carboxylic acids is 1. The summed E-state index contributed by atoms with van der Waals surface area (Å²) in [6.45, 7) is 1.82. The normalized spacial score (nSPS) is 16.6. The molecule has 3 nitrogen and oxygen atoms in total. The van der Waals surface area contributed by atoms with Crippen LogP contribution in [0, 0.1) is 5.82 Å². The molecule has 17 heavy (non-hydrogen) atoms. The summed E-state index contributed by atoms with van der Waals surface area (Å²) in [6, 6.07) is 6.41. The number of halogens is 1. The molecular formula is C13H14FNO2. The van der Waals surface area contributed by atoms with Crippen molar-refractivity contribution in [2.45, 2.75) is 13.0 Å². The van der Waals surface area contributed by atoms with Crippen LogP contribution < -0.4 is 0 Å². The van der Waals surface area contributed by atoms with Gasteiger partial charge in [-0.3, -0.25) is 4.90 Å². The molecule has 1 aliphatic heterocycles. The van der Waals surface area contributed by atoms with Gasteiger partial charge in [-0.05, 0) is 24.1 Å². The number of hydrogen-bond acceptors (Lipinski definition) is 2. The number of carboxylic acid groups (broad SMARTS) is 1. The Morgan fingerprint density at radius 2 is 2.29 bits per heavy atom. The fraction of sp³-hybridized carbons (Fsp3) is 0.308. The molecule has 1 aromatic rings. The van der Waals surface area contributed by atoms with E-state index in [1.54, 1.807) is 12.1 Å². The van der Waals surface area contributed by atoms with Crippen molar-refractivity contribution in [3.63, 3.8) is 0 Å². The highest BCUT2D eigenvalue weighted by atomic mass is 19.1. The average Bonchev–Trinajstić information content (AvgIpc) is 2.29. The van der Waals surface area contributed by atoms with E-state index >= 15 is 0 Å². The largest absolute Gasteiger partial charge is 0.478 e. The minimum absolute atomic E-state index is 0.256. The summed E-state index contributed by atoms with van der Waals surface area (Å²) in [7, 11) is 0. The summed E-state index contributed by atoms with van der Waals surface area (Å²) < 4.78 is 13.0. The van der Waals surface area contributed by atoms with Crippen LogP contribution in [0.15, 0.2) is 35.9 Å². The highest BCUT2D eigenvalue weighted by Gasteiger charge is 2.17. The number of rotatable bonds is 3.